The minimum absolute atomic E-state index is 0.0881. The van der Waals surface area contributed by atoms with Crippen LogP contribution in [0.4, 0.5) is 0 Å². The number of hydrogen-bond donors (Lipinski definition) is 0. The Morgan fingerprint density at radius 2 is 0.875 bits per heavy atom. The lowest BCUT2D eigenvalue weighted by Crippen LogP contribution is -1.91. The van der Waals surface area contributed by atoms with E-state index in [0.717, 1.165) is 49.0 Å². The fraction of sp³-hybridized carbons (Fsp3) is 0. The standard InChI is InChI=1S/C46H28O2/c1-3-13-29(14-4-1)32-25-33(30-15-5-2-6-16-30)27-34(26-32)43-37-18-7-8-19-38(37)44(46-45(43)39-20-10-12-22-41(39)48-46)31-23-24-36-35-17-9-11-21-40(35)47-42(36)28-31/h1-28H/i1D,2D,3D,4D,5D,6D,13D,14D,15D,16D. The molecule has 0 aliphatic heterocycles. The minimum atomic E-state index is -0.547. The van der Waals surface area contributed by atoms with Gasteiger partial charge in [-0.15, -0.1) is 0 Å². The average molecular weight is 623 g/mol. The van der Waals surface area contributed by atoms with E-state index >= 15 is 0 Å². The van der Waals surface area contributed by atoms with Crippen LogP contribution in [0.5, 0.6) is 0 Å². The molecule has 0 fully saturated rings. The number of hydrogen-bond acceptors (Lipinski definition) is 2. The summed E-state index contributed by atoms with van der Waals surface area (Å²) in [6, 6.07) is 29.5. The van der Waals surface area contributed by atoms with Crippen molar-refractivity contribution in [3.8, 4) is 44.5 Å². The van der Waals surface area contributed by atoms with Gasteiger partial charge in [-0.3, -0.25) is 0 Å². The number of para-hydroxylation sites is 2. The quantitative estimate of drug-likeness (QED) is 0.195. The molecule has 0 bridgehead atoms. The van der Waals surface area contributed by atoms with Gasteiger partial charge in [0.15, 0.2) is 0 Å². The highest BCUT2D eigenvalue weighted by Crippen LogP contribution is 2.49. The molecule has 0 N–H and O–H groups in total. The Balaban J connectivity index is 1.36. The smallest absolute Gasteiger partial charge is 0.144 e. The van der Waals surface area contributed by atoms with Crippen LogP contribution < -0.4 is 0 Å². The summed E-state index contributed by atoms with van der Waals surface area (Å²) in [5.41, 5.74) is 5.79. The van der Waals surface area contributed by atoms with Crippen LogP contribution in [-0.2, 0) is 0 Å². The Morgan fingerprint density at radius 3 is 1.54 bits per heavy atom. The van der Waals surface area contributed by atoms with E-state index in [1.54, 1.807) is 12.1 Å². The second-order valence-corrected chi connectivity index (χ2v) is 11.7. The molecule has 2 aromatic heterocycles. The van der Waals surface area contributed by atoms with Gasteiger partial charge < -0.3 is 8.83 Å². The van der Waals surface area contributed by atoms with E-state index in [1.807, 2.05) is 91.0 Å². The summed E-state index contributed by atoms with van der Waals surface area (Å²) >= 11 is 0. The number of furan rings is 2. The lowest BCUT2D eigenvalue weighted by molar-refractivity contribution is 0.668. The monoisotopic (exact) mass is 622 g/mol. The van der Waals surface area contributed by atoms with Crippen molar-refractivity contribution in [1.29, 1.82) is 0 Å². The highest BCUT2D eigenvalue weighted by Gasteiger charge is 2.23. The van der Waals surface area contributed by atoms with Gasteiger partial charge in [0.05, 0.1) is 13.7 Å². The number of rotatable bonds is 4. The van der Waals surface area contributed by atoms with Crippen molar-refractivity contribution in [2.75, 3.05) is 0 Å². The highest BCUT2D eigenvalue weighted by molar-refractivity contribution is 6.27. The van der Waals surface area contributed by atoms with E-state index < -0.39 is 60.4 Å². The summed E-state index contributed by atoms with van der Waals surface area (Å²) in [6.07, 6.45) is 0. The molecule has 10 aromatic rings. The van der Waals surface area contributed by atoms with Crippen molar-refractivity contribution in [3.63, 3.8) is 0 Å². The lowest BCUT2D eigenvalue weighted by atomic mass is 9.86. The first-order chi connectivity index (χ1) is 27.9. The van der Waals surface area contributed by atoms with Crippen LogP contribution in [0.15, 0.2) is 178 Å². The molecule has 0 amide bonds. The zero-order chi connectivity index (χ0) is 40.3. The summed E-state index contributed by atoms with van der Waals surface area (Å²) in [5.74, 6) is 0. The van der Waals surface area contributed by atoms with Gasteiger partial charge >= 0.3 is 0 Å². The first-order valence-corrected chi connectivity index (χ1v) is 15.5. The fourth-order valence-electron chi connectivity index (χ4n) is 6.96. The Bertz CT molecular complexity index is 3270. The Labute approximate surface area is 291 Å². The first kappa shape index (κ1) is 18.7. The second-order valence-electron chi connectivity index (χ2n) is 11.7. The third-order valence-electron chi connectivity index (χ3n) is 9.00. The first-order valence-electron chi connectivity index (χ1n) is 20.5. The van der Waals surface area contributed by atoms with Gasteiger partial charge in [0.1, 0.15) is 22.3 Å². The Morgan fingerprint density at radius 1 is 0.354 bits per heavy atom. The predicted molar refractivity (Wildman–Crippen MR) is 200 cm³/mol. The molecule has 0 aliphatic carbocycles. The molecule has 0 radical (unpaired) electrons. The van der Waals surface area contributed by atoms with Crippen molar-refractivity contribution < 1.29 is 22.5 Å². The van der Waals surface area contributed by atoms with Gasteiger partial charge in [0, 0.05) is 32.7 Å². The maximum atomic E-state index is 8.91. The molecule has 0 unspecified atom stereocenters. The summed E-state index contributed by atoms with van der Waals surface area (Å²) in [6.45, 7) is 0. The predicted octanol–water partition coefficient (Wildman–Crippen LogP) is 13.3. The van der Waals surface area contributed by atoms with Gasteiger partial charge in [-0.25, -0.2) is 0 Å². The number of benzene rings is 8. The van der Waals surface area contributed by atoms with Gasteiger partial charge in [-0.2, -0.15) is 0 Å². The molecule has 2 heterocycles. The molecular formula is C46H28O2. The van der Waals surface area contributed by atoms with E-state index in [-0.39, 0.29) is 22.3 Å². The van der Waals surface area contributed by atoms with Crippen molar-refractivity contribution in [2.45, 2.75) is 0 Å². The summed E-state index contributed by atoms with van der Waals surface area (Å²) in [7, 11) is 0. The van der Waals surface area contributed by atoms with E-state index in [4.69, 9.17) is 22.5 Å². The molecule has 8 aromatic carbocycles. The normalized spacial score (nSPS) is 14.7. The van der Waals surface area contributed by atoms with Crippen molar-refractivity contribution in [1.82, 2.24) is 0 Å². The molecule has 10 rings (SSSR count). The SMILES string of the molecule is [2H]c1c([2H])c([2H])c(-c2cc(-c3c([2H])c([2H])c([2H])c([2H])c3[2H])cc(-c3c4ccccc4c(-c4ccc5c(c4)oc4ccccc45)c4oc5ccccc5c34)c2)c([2H])c1[2H]. The maximum absolute atomic E-state index is 8.91. The van der Waals surface area contributed by atoms with Gasteiger partial charge in [-0.1, -0.05) is 127 Å². The second kappa shape index (κ2) is 10.6. The number of fused-ring (bicyclic) bond motifs is 7. The van der Waals surface area contributed by atoms with Crippen molar-refractivity contribution >= 4 is 54.6 Å². The van der Waals surface area contributed by atoms with E-state index in [1.165, 1.54) is 6.07 Å². The molecule has 0 spiro atoms. The molecular weight excluding hydrogens is 585 g/mol. The van der Waals surface area contributed by atoms with Crippen LogP contribution in [0, 0.1) is 0 Å². The molecule has 224 valence electrons. The van der Waals surface area contributed by atoms with E-state index in [2.05, 4.69) is 0 Å². The van der Waals surface area contributed by atoms with Crippen LogP contribution in [-0.4, -0.2) is 0 Å². The zero-order valence-corrected chi connectivity index (χ0v) is 25.2. The third-order valence-corrected chi connectivity index (χ3v) is 9.00. The van der Waals surface area contributed by atoms with Crippen LogP contribution in [0.1, 0.15) is 13.7 Å². The lowest BCUT2D eigenvalue weighted by Gasteiger charge is -2.17. The van der Waals surface area contributed by atoms with Crippen LogP contribution >= 0.6 is 0 Å². The summed E-state index contributed by atoms with van der Waals surface area (Å²) in [4.78, 5) is 0. The topological polar surface area (TPSA) is 26.3 Å². The minimum Gasteiger partial charge on any atom is -0.456 e. The van der Waals surface area contributed by atoms with Crippen LogP contribution in [0.25, 0.3) is 99.2 Å². The fourth-order valence-corrected chi connectivity index (χ4v) is 6.96. The van der Waals surface area contributed by atoms with Crippen LogP contribution in [0.3, 0.4) is 0 Å². The Hall–Kier alpha value is -6.38. The van der Waals surface area contributed by atoms with E-state index in [0.29, 0.717) is 27.9 Å². The largest absolute Gasteiger partial charge is 0.456 e. The summed E-state index contributed by atoms with van der Waals surface area (Å²) in [5, 5.41) is 5.14. The third kappa shape index (κ3) is 4.13. The summed E-state index contributed by atoms with van der Waals surface area (Å²) < 4.78 is 99.2. The maximum Gasteiger partial charge on any atom is 0.144 e. The van der Waals surface area contributed by atoms with Crippen molar-refractivity contribution in [2.24, 2.45) is 0 Å². The van der Waals surface area contributed by atoms with Gasteiger partial charge in [0.2, 0.25) is 0 Å². The average Bonchev–Trinajstić information content (AvgIpc) is 3.81. The van der Waals surface area contributed by atoms with Gasteiger partial charge in [-0.05, 0) is 86.6 Å². The molecule has 0 atom stereocenters. The molecule has 0 saturated heterocycles. The molecule has 2 nitrogen and oxygen atoms in total. The van der Waals surface area contributed by atoms with Crippen molar-refractivity contribution in [3.05, 3.63) is 170 Å². The molecule has 2 heteroatoms. The van der Waals surface area contributed by atoms with Crippen LogP contribution in [0.2, 0.25) is 0 Å². The molecule has 0 aliphatic rings. The highest BCUT2D eigenvalue weighted by atomic mass is 16.3. The van der Waals surface area contributed by atoms with Gasteiger partial charge in [0.25, 0.3) is 0 Å². The Kier molecular flexibility index (Phi) is 4.12. The van der Waals surface area contributed by atoms with E-state index in [9.17, 15) is 0 Å². The molecule has 0 saturated carbocycles. The zero-order valence-electron chi connectivity index (χ0n) is 35.2. The molecule has 48 heavy (non-hydrogen) atoms.